The predicted molar refractivity (Wildman–Crippen MR) is 176 cm³/mol. The lowest BCUT2D eigenvalue weighted by molar-refractivity contribution is -0.122. The highest BCUT2D eigenvalue weighted by molar-refractivity contribution is 7.09. The number of carbonyl (C=O) groups is 3. The largest absolute Gasteiger partial charge is 0.395 e. The molecule has 5 rings (SSSR count). The Labute approximate surface area is 267 Å². The van der Waals surface area contributed by atoms with Crippen LogP contribution in [0.4, 0.5) is 15.8 Å². The number of anilines is 2. The number of carbonyl (C=O) groups excluding carboxylic acids is 3. The quantitative estimate of drug-likeness (QED) is 0.191. The molecule has 0 saturated heterocycles. The van der Waals surface area contributed by atoms with Crippen LogP contribution >= 0.6 is 11.5 Å². The number of halogens is 1. The molecule has 10 heteroatoms. The Balaban J connectivity index is 1.52. The first-order chi connectivity index (χ1) is 21.7. The van der Waals surface area contributed by atoms with Gasteiger partial charge in [-0.3, -0.25) is 19.3 Å². The summed E-state index contributed by atoms with van der Waals surface area (Å²) in [5.74, 6) is -1.90. The molecular weight excluding hydrogens is 589 g/mol. The number of nitrogens with zero attached hydrogens (tertiary/aromatic N) is 2. The standard InChI is InChI=1S/C35H38FN5O3S/c1-22-13-18-28(23(2)21-22)41(35(44)32-29(37)30(40-45-32)33(42)39-27-11-7-4-8-12-27)31(25-14-16-26(36)17-15-25)34(43)38-20-19-24-9-5-3-6-10-24/h3,5-6,9-10,13-18,21,27,31H,4,7-8,11-12,19-20,37H2,1-2H3,(H,38,43)(H,39,42). The maximum absolute atomic E-state index is 14.5. The second kappa shape index (κ2) is 14.5. The summed E-state index contributed by atoms with van der Waals surface area (Å²) in [6, 6.07) is 19.7. The fourth-order valence-corrected chi connectivity index (χ4v) is 6.54. The highest BCUT2D eigenvalue weighted by Gasteiger charge is 2.37. The number of amides is 3. The molecule has 1 atom stereocenters. The van der Waals surface area contributed by atoms with Crippen LogP contribution in [0, 0.1) is 19.7 Å². The summed E-state index contributed by atoms with van der Waals surface area (Å²) in [5.41, 5.74) is 10.1. The molecule has 0 aliphatic heterocycles. The molecule has 8 nitrogen and oxygen atoms in total. The summed E-state index contributed by atoms with van der Waals surface area (Å²) in [5, 5.41) is 6.00. The number of nitrogens with two attached hydrogens (primary N) is 1. The lowest BCUT2D eigenvalue weighted by Gasteiger charge is -2.32. The first-order valence-corrected chi connectivity index (χ1v) is 16.0. The smallest absolute Gasteiger partial charge is 0.273 e. The molecule has 1 aliphatic carbocycles. The molecule has 234 valence electrons. The number of benzene rings is 3. The normalized spacial score (nSPS) is 14.0. The number of hydrogen-bond acceptors (Lipinski definition) is 6. The van der Waals surface area contributed by atoms with E-state index in [-0.39, 0.29) is 22.3 Å². The minimum atomic E-state index is -1.17. The lowest BCUT2D eigenvalue weighted by atomic mass is 9.95. The SMILES string of the molecule is Cc1ccc(N(C(=O)c2snc(C(=O)NC3CCCCC3)c2N)C(C(=O)NCCc2ccccc2)c2ccc(F)cc2)c(C)c1. The second-order valence-corrected chi connectivity index (χ2v) is 12.3. The minimum Gasteiger partial charge on any atom is -0.395 e. The van der Waals surface area contributed by atoms with Crippen LogP contribution in [-0.2, 0) is 11.2 Å². The third kappa shape index (κ3) is 7.57. The zero-order chi connectivity index (χ0) is 31.9. The first kappa shape index (κ1) is 31.8. The van der Waals surface area contributed by atoms with Gasteiger partial charge in [0, 0.05) is 18.3 Å². The van der Waals surface area contributed by atoms with Gasteiger partial charge in [-0.15, -0.1) is 0 Å². The van der Waals surface area contributed by atoms with Gasteiger partial charge in [-0.2, -0.15) is 4.37 Å². The molecule has 1 fully saturated rings. The molecule has 4 N–H and O–H groups in total. The number of nitrogen functional groups attached to an aromatic ring is 1. The molecular formula is C35H38FN5O3S. The molecule has 0 radical (unpaired) electrons. The molecule has 1 saturated carbocycles. The third-order valence-electron chi connectivity index (χ3n) is 8.16. The highest BCUT2D eigenvalue weighted by atomic mass is 32.1. The molecule has 1 aromatic heterocycles. The van der Waals surface area contributed by atoms with E-state index in [1.807, 2.05) is 56.3 Å². The molecule has 1 heterocycles. The van der Waals surface area contributed by atoms with Crippen LogP contribution in [0.1, 0.15) is 80.6 Å². The highest BCUT2D eigenvalue weighted by Crippen LogP contribution is 2.35. The Morgan fingerprint density at radius 3 is 2.40 bits per heavy atom. The molecule has 0 spiro atoms. The van der Waals surface area contributed by atoms with Crippen molar-refractivity contribution in [3.63, 3.8) is 0 Å². The van der Waals surface area contributed by atoms with Crippen LogP contribution in [-0.4, -0.2) is 34.7 Å². The molecule has 3 aromatic carbocycles. The number of aromatic nitrogens is 1. The summed E-state index contributed by atoms with van der Waals surface area (Å²) in [6.45, 7) is 4.12. The number of aryl methyl sites for hydroxylation is 2. The zero-order valence-corrected chi connectivity index (χ0v) is 26.3. The Morgan fingerprint density at radius 2 is 1.71 bits per heavy atom. The Kier molecular flexibility index (Phi) is 10.2. The van der Waals surface area contributed by atoms with Crippen molar-refractivity contribution >= 4 is 40.6 Å². The van der Waals surface area contributed by atoms with Gasteiger partial charge < -0.3 is 16.4 Å². The van der Waals surface area contributed by atoms with E-state index in [9.17, 15) is 18.8 Å². The topological polar surface area (TPSA) is 117 Å². The summed E-state index contributed by atoms with van der Waals surface area (Å²) in [7, 11) is 0. The molecule has 45 heavy (non-hydrogen) atoms. The van der Waals surface area contributed by atoms with Crippen LogP contribution in [0.2, 0.25) is 0 Å². The van der Waals surface area contributed by atoms with E-state index in [4.69, 9.17) is 5.73 Å². The van der Waals surface area contributed by atoms with Gasteiger partial charge in [-0.05, 0) is 79.5 Å². The van der Waals surface area contributed by atoms with Crippen molar-refractivity contribution in [1.82, 2.24) is 15.0 Å². The van der Waals surface area contributed by atoms with Crippen molar-refractivity contribution in [2.75, 3.05) is 17.2 Å². The lowest BCUT2D eigenvalue weighted by Crippen LogP contribution is -2.45. The summed E-state index contributed by atoms with van der Waals surface area (Å²) >= 11 is 0.830. The van der Waals surface area contributed by atoms with Gasteiger partial charge in [0.2, 0.25) is 5.91 Å². The zero-order valence-electron chi connectivity index (χ0n) is 25.5. The van der Waals surface area contributed by atoms with Crippen molar-refractivity contribution < 1.29 is 18.8 Å². The Bertz CT molecular complexity index is 1650. The fourth-order valence-electron chi connectivity index (χ4n) is 5.80. The summed E-state index contributed by atoms with van der Waals surface area (Å²) in [4.78, 5) is 43.2. The van der Waals surface area contributed by atoms with Crippen molar-refractivity contribution in [2.24, 2.45) is 0 Å². The molecule has 0 bridgehead atoms. The molecule has 1 unspecified atom stereocenters. The van der Waals surface area contributed by atoms with Gasteiger partial charge >= 0.3 is 0 Å². The van der Waals surface area contributed by atoms with E-state index >= 15 is 0 Å². The maximum Gasteiger partial charge on any atom is 0.273 e. The van der Waals surface area contributed by atoms with Gasteiger partial charge in [0.1, 0.15) is 16.7 Å². The van der Waals surface area contributed by atoms with Crippen LogP contribution in [0.25, 0.3) is 0 Å². The maximum atomic E-state index is 14.5. The van der Waals surface area contributed by atoms with Gasteiger partial charge in [0.05, 0.1) is 5.69 Å². The van der Waals surface area contributed by atoms with Gasteiger partial charge in [-0.25, -0.2) is 4.39 Å². The number of hydrogen-bond donors (Lipinski definition) is 3. The molecule has 3 amide bonds. The van der Waals surface area contributed by atoms with E-state index in [0.29, 0.717) is 24.2 Å². The van der Waals surface area contributed by atoms with Crippen LogP contribution < -0.4 is 21.3 Å². The average Bonchev–Trinajstić information content (AvgIpc) is 3.43. The summed E-state index contributed by atoms with van der Waals surface area (Å²) < 4.78 is 18.3. The molecule has 1 aliphatic rings. The van der Waals surface area contributed by atoms with Crippen molar-refractivity contribution in [3.05, 3.63) is 111 Å². The first-order valence-electron chi connectivity index (χ1n) is 15.3. The van der Waals surface area contributed by atoms with Crippen LogP contribution in [0.15, 0.2) is 72.8 Å². The number of rotatable bonds is 10. The Morgan fingerprint density at radius 1 is 1.00 bits per heavy atom. The second-order valence-electron chi connectivity index (χ2n) is 11.5. The summed E-state index contributed by atoms with van der Waals surface area (Å²) in [6.07, 6.45) is 5.60. The van der Waals surface area contributed by atoms with Gasteiger partial charge in [0.15, 0.2) is 5.69 Å². The third-order valence-corrected chi connectivity index (χ3v) is 9.01. The van der Waals surface area contributed by atoms with E-state index in [1.54, 1.807) is 6.07 Å². The minimum absolute atomic E-state index is 0.000136. The van der Waals surface area contributed by atoms with Crippen molar-refractivity contribution in [3.8, 4) is 0 Å². The predicted octanol–water partition coefficient (Wildman–Crippen LogP) is 6.29. The van der Waals surface area contributed by atoms with E-state index in [0.717, 1.165) is 60.3 Å². The van der Waals surface area contributed by atoms with Crippen molar-refractivity contribution in [2.45, 2.75) is 64.5 Å². The van der Waals surface area contributed by atoms with Gasteiger partial charge in [0.25, 0.3) is 11.8 Å². The van der Waals surface area contributed by atoms with E-state index in [1.165, 1.54) is 29.2 Å². The van der Waals surface area contributed by atoms with E-state index < -0.39 is 29.6 Å². The van der Waals surface area contributed by atoms with Crippen LogP contribution in [0.5, 0.6) is 0 Å². The molecule has 4 aromatic rings. The number of nitrogens with one attached hydrogen (secondary N) is 2. The van der Waals surface area contributed by atoms with Crippen molar-refractivity contribution in [1.29, 1.82) is 0 Å². The monoisotopic (exact) mass is 627 g/mol. The van der Waals surface area contributed by atoms with E-state index in [2.05, 4.69) is 15.0 Å². The fraction of sp³-hybridized carbons (Fsp3) is 0.314. The Hall–Kier alpha value is -4.57. The average molecular weight is 628 g/mol. The van der Waals surface area contributed by atoms with Crippen LogP contribution in [0.3, 0.4) is 0 Å². The van der Waals surface area contributed by atoms with Gasteiger partial charge in [-0.1, -0.05) is 79.4 Å².